The summed E-state index contributed by atoms with van der Waals surface area (Å²) in [6.45, 7) is 16.6. The lowest BCUT2D eigenvalue weighted by Crippen LogP contribution is -2.38. The maximum Gasteiger partial charge on any atom is 0.204 e. The molecule has 0 amide bonds. The molecule has 0 atom stereocenters. The zero-order chi connectivity index (χ0) is 16.5. The summed E-state index contributed by atoms with van der Waals surface area (Å²) < 4.78 is 0. The molecule has 0 aliphatic heterocycles. The van der Waals surface area contributed by atoms with E-state index in [0.29, 0.717) is 37.6 Å². The Hall–Kier alpha value is -2.62. The molecule has 1 aliphatic rings. The summed E-state index contributed by atoms with van der Waals surface area (Å²) in [5, 5.41) is 0. The van der Waals surface area contributed by atoms with Crippen LogP contribution < -0.4 is 0 Å². The average molecular weight is 298 g/mol. The lowest BCUT2D eigenvalue weighted by atomic mass is 10.0. The summed E-state index contributed by atoms with van der Waals surface area (Å²) in [5.74, 6) is -0.396. The number of hydrogen-bond acceptors (Lipinski definition) is 4. The van der Waals surface area contributed by atoms with E-state index in [-0.39, 0.29) is 11.6 Å². The summed E-state index contributed by atoms with van der Waals surface area (Å²) in [5.41, 5.74) is 0.743. The van der Waals surface area contributed by atoms with Crippen LogP contribution in [0.2, 0.25) is 0 Å². The fourth-order valence-electron chi connectivity index (χ4n) is 2.29. The van der Waals surface area contributed by atoms with E-state index in [0.717, 1.165) is 0 Å². The highest BCUT2D eigenvalue weighted by Crippen LogP contribution is 2.22. The molecule has 0 aromatic rings. The van der Waals surface area contributed by atoms with Gasteiger partial charge >= 0.3 is 0 Å². The summed E-state index contributed by atoms with van der Waals surface area (Å²) >= 11 is 0. The van der Waals surface area contributed by atoms with Gasteiger partial charge in [0.25, 0.3) is 0 Å². The van der Waals surface area contributed by atoms with Gasteiger partial charge in [0.15, 0.2) is 0 Å². The standard InChI is InChI=1S/C18H22N2O2/c1-5-11-19(12-6-2)17-15(21)9-10-16(22)18(17)20(13-7-3)14-8-4/h5-10H,1-4,11-14H2. The van der Waals surface area contributed by atoms with Crippen molar-refractivity contribution in [2.24, 2.45) is 0 Å². The Morgan fingerprint density at radius 3 is 1.18 bits per heavy atom. The molecule has 0 radical (unpaired) electrons. The summed E-state index contributed by atoms with van der Waals surface area (Å²) in [6.07, 6.45) is 9.37. The van der Waals surface area contributed by atoms with Gasteiger partial charge in [-0.2, -0.15) is 0 Å². The maximum absolute atomic E-state index is 12.4. The Morgan fingerprint density at radius 2 is 0.955 bits per heavy atom. The van der Waals surface area contributed by atoms with E-state index in [1.807, 2.05) is 0 Å². The molecule has 0 unspecified atom stereocenters. The predicted molar refractivity (Wildman–Crippen MR) is 90.1 cm³/mol. The van der Waals surface area contributed by atoms with E-state index in [9.17, 15) is 9.59 Å². The molecule has 22 heavy (non-hydrogen) atoms. The molecule has 0 N–H and O–H groups in total. The van der Waals surface area contributed by atoms with Crippen LogP contribution in [0.3, 0.4) is 0 Å². The molecule has 0 saturated carbocycles. The van der Waals surface area contributed by atoms with Crippen molar-refractivity contribution >= 4 is 11.6 Å². The average Bonchev–Trinajstić information content (AvgIpc) is 2.49. The van der Waals surface area contributed by atoms with Gasteiger partial charge in [-0.3, -0.25) is 9.59 Å². The number of nitrogens with zero attached hydrogens (tertiary/aromatic N) is 2. The summed E-state index contributed by atoms with van der Waals surface area (Å²) in [7, 11) is 0. The van der Waals surface area contributed by atoms with Crippen LogP contribution >= 0.6 is 0 Å². The van der Waals surface area contributed by atoms with Crippen molar-refractivity contribution in [2.45, 2.75) is 0 Å². The lowest BCUT2D eigenvalue weighted by Gasteiger charge is -2.32. The third-order valence-electron chi connectivity index (χ3n) is 3.11. The molecule has 0 aromatic carbocycles. The number of hydrogen-bond donors (Lipinski definition) is 0. The first-order chi connectivity index (χ1) is 10.6. The first-order valence-corrected chi connectivity index (χ1v) is 7.05. The van der Waals surface area contributed by atoms with Crippen molar-refractivity contribution in [3.8, 4) is 0 Å². The van der Waals surface area contributed by atoms with Gasteiger partial charge in [0, 0.05) is 26.2 Å². The molecule has 4 heteroatoms. The van der Waals surface area contributed by atoms with Crippen molar-refractivity contribution in [2.75, 3.05) is 26.2 Å². The molecule has 1 aliphatic carbocycles. The molecule has 116 valence electrons. The molecule has 4 nitrogen and oxygen atoms in total. The van der Waals surface area contributed by atoms with E-state index in [2.05, 4.69) is 26.3 Å². The van der Waals surface area contributed by atoms with Crippen molar-refractivity contribution in [3.05, 3.63) is 74.2 Å². The van der Waals surface area contributed by atoms with Crippen LogP contribution in [-0.2, 0) is 9.59 Å². The monoisotopic (exact) mass is 298 g/mol. The predicted octanol–water partition coefficient (Wildman–Crippen LogP) is 2.25. The highest BCUT2D eigenvalue weighted by molar-refractivity contribution is 6.19. The second-order valence-corrected chi connectivity index (χ2v) is 4.72. The zero-order valence-corrected chi connectivity index (χ0v) is 12.8. The van der Waals surface area contributed by atoms with Crippen molar-refractivity contribution in [3.63, 3.8) is 0 Å². The van der Waals surface area contributed by atoms with Gasteiger partial charge in [-0.25, -0.2) is 0 Å². The topological polar surface area (TPSA) is 40.6 Å². The van der Waals surface area contributed by atoms with Gasteiger partial charge in [0.05, 0.1) is 0 Å². The van der Waals surface area contributed by atoms with Gasteiger partial charge in [-0.15, -0.1) is 26.3 Å². The van der Waals surface area contributed by atoms with Gasteiger partial charge < -0.3 is 9.80 Å². The molecule has 0 spiro atoms. The quantitative estimate of drug-likeness (QED) is 0.458. The first kappa shape index (κ1) is 17.4. The van der Waals surface area contributed by atoms with Crippen LogP contribution in [0.4, 0.5) is 0 Å². The van der Waals surface area contributed by atoms with Crippen LogP contribution in [0.15, 0.2) is 74.2 Å². The summed E-state index contributed by atoms with van der Waals surface area (Å²) in [6, 6.07) is 0. The van der Waals surface area contributed by atoms with Crippen molar-refractivity contribution in [1.82, 2.24) is 9.80 Å². The Labute approximate surface area is 132 Å². The first-order valence-electron chi connectivity index (χ1n) is 7.05. The van der Waals surface area contributed by atoms with E-state index in [1.54, 1.807) is 34.1 Å². The number of ketones is 2. The maximum atomic E-state index is 12.4. The molecular formula is C18H22N2O2. The summed E-state index contributed by atoms with van der Waals surface area (Å²) in [4.78, 5) is 28.3. The van der Waals surface area contributed by atoms with Gasteiger partial charge in [0.2, 0.25) is 11.6 Å². The van der Waals surface area contributed by atoms with Gasteiger partial charge in [-0.05, 0) is 12.2 Å². The highest BCUT2D eigenvalue weighted by Gasteiger charge is 2.29. The number of allylic oxidation sites excluding steroid dienone is 2. The fourth-order valence-corrected chi connectivity index (χ4v) is 2.29. The molecule has 0 saturated heterocycles. The third kappa shape index (κ3) is 3.95. The Balaban J connectivity index is 3.42. The molecular weight excluding hydrogens is 276 g/mol. The number of rotatable bonds is 10. The van der Waals surface area contributed by atoms with Crippen molar-refractivity contribution in [1.29, 1.82) is 0 Å². The lowest BCUT2D eigenvalue weighted by molar-refractivity contribution is -0.117. The zero-order valence-electron chi connectivity index (χ0n) is 12.8. The van der Waals surface area contributed by atoms with Gasteiger partial charge in [0.1, 0.15) is 11.4 Å². The SMILES string of the molecule is C=CCN(CC=C)C1=C(N(CC=C)CC=C)C(=O)C=CC1=O. The fraction of sp³-hybridized carbons (Fsp3) is 0.222. The van der Waals surface area contributed by atoms with E-state index in [4.69, 9.17) is 0 Å². The molecule has 0 aromatic heterocycles. The minimum atomic E-state index is -0.198. The molecule has 0 fully saturated rings. The normalized spacial score (nSPS) is 13.8. The molecule has 1 rings (SSSR count). The Bertz CT molecular complexity index is 487. The molecule has 0 heterocycles. The van der Waals surface area contributed by atoms with Crippen LogP contribution in [0.5, 0.6) is 0 Å². The van der Waals surface area contributed by atoms with E-state index < -0.39 is 0 Å². The number of carbonyl (C=O) groups excluding carboxylic acids is 2. The largest absolute Gasteiger partial charge is 0.359 e. The van der Waals surface area contributed by atoms with Crippen LogP contribution in [0.25, 0.3) is 0 Å². The van der Waals surface area contributed by atoms with E-state index in [1.165, 1.54) is 12.2 Å². The smallest absolute Gasteiger partial charge is 0.204 e. The van der Waals surface area contributed by atoms with Crippen LogP contribution in [0, 0.1) is 0 Å². The minimum absolute atomic E-state index is 0.198. The molecule has 0 bridgehead atoms. The third-order valence-corrected chi connectivity index (χ3v) is 3.11. The van der Waals surface area contributed by atoms with Crippen LogP contribution in [-0.4, -0.2) is 47.5 Å². The Kier molecular flexibility index (Phi) is 6.83. The second kappa shape index (κ2) is 8.62. The van der Waals surface area contributed by atoms with E-state index >= 15 is 0 Å². The van der Waals surface area contributed by atoms with Crippen molar-refractivity contribution < 1.29 is 9.59 Å². The highest BCUT2D eigenvalue weighted by atomic mass is 16.1. The van der Waals surface area contributed by atoms with Crippen LogP contribution in [0.1, 0.15) is 0 Å². The minimum Gasteiger partial charge on any atom is -0.359 e. The van der Waals surface area contributed by atoms with Gasteiger partial charge in [-0.1, -0.05) is 24.3 Å². The number of carbonyl (C=O) groups is 2. The Morgan fingerprint density at radius 1 is 0.682 bits per heavy atom. The second-order valence-electron chi connectivity index (χ2n) is 4.72.